The summed E-state index contributed by atoms with van der Waals surface area (Å²) in [6.45, 7) is 4.52. The summed E-state index contributed by atoms with van der Waals surface area (Å²) in [5.41, 5.74) is 0.379. The first kappa shape index (κ1) is 13.0. The minimum absolute atomic E-state index is 0.0277. The third-order valence-electron chi connectivity index (χ3n) is 3.39. The summed E-state index contributed by atoms with van der Waals surface area (Å²) in [4.78, 5) is 11.5. The molecule has 3 heteroatoms. The maximum absolute atomic E-state index is 11.5. The molecular weight excluding hydrogens is 204 g/mol. The van der Waals surface area contributed by atoms with Crippen LogP contribution >= 0.6 is 0 Å². The molecule has 1 aliphatic rings. The molecule has 0 spiro atoms. The molecule has 1 N–H and O–H groups in total. The molecule has 2 unspecified atom stereocenters. The average molecular weight is 224 g/mol. The van der Waals surface area contributed by atoms with Gasteiger partial charge in [0.1, 0.15) is 0 Å². The monoisotopic (exact) mass is 224 g/mol. The Morgan fingerprint density at radius 2 is 2.31 bits per heavy atom. The van der Waals surface area contributed by atoms with Gasteiger partial charge in [-0.3, -0.25) is 4.79 Å². The molecule has 0 fully saturated rings. The molecule has 0 aromatic carbocycles. The van der Waals surface area contributed by atoms with Crippen LogP contribution in [0, 0.1) is 11.3 Å². The molecule has 0 saturated carbocycles. The quantitative estimate of drug-likeness (QED) is 0.781. The molecule has 0 radical (unpaired) electrons. The number of methoxy groups -OCH3 is 1. The Balaban J connectivity index is 2.96. The lowest BCUT2D eigenvalue weighted by atomic mass is 9.68. The van der Waals surface area contributed by atoms with Gasteiger partial charge in [0.05, 0.1) is 5.41 Å². The van der Waals surface area contributed by atoms with Crippen LogP contribution in [0.3, 0.4) is 0 Å². The first-order valence-electron chi connectivity index (χ1n) is 5.66. The maximum atomic E-state index is 11.5. The Kier molecular flexibility index (Phi) is 4.30. The lowest BCUT2D eigenvalue weighted by Gasteiger charge is -2.34. The standard InChI is InChI=1S/C13H20O3/c1-4-13(12(14)15)7-5-10(2)9-11(13)6-8-16-3/h5,7,9,11H,4,6,8H2,1-3H3,(H,14,15). The number of ether oxygens (including phenoxy) is 1. The molecule has 2 atom stereocenters. The third kappa shape index (κ3) is 2.35. The van der Waals surface area contributed by atoms with Gasteiger partial charge in [-0.25, -0.2) is 0 Å². The largest absolute Gasteiger partial charge is 0.481 e. The van der Waals surface area contributed by atoms with Crippen molar-refractivity contribution in [3.05, 3.63) is 23.8 Å². The number of carboxylic acid groups (broad SMARTS) is 1. The highest BCUT2D eigenvalue weighted by Crippen LogP contribution is 2.40. The van der Waals surface area contributed by atoms with E-state index in [0.29, 0.717) is 13.0 Å². The van der Waals surface area contributed by atoms with Gasteiger partial charge in [0.15, 0.2) is 0 Å². The van der Waals surface area contributed by atoms with Gasteiger partial charge in [-0.2, -0.15) is 0 Å². The van der Waals surface area contributed by atoms with E-state index < -0.39 is 11.4 Å². The molecule has 90 valence electrons. The summed E-state index contributed by atoms with van der Waals surface area (Å²) in [5, 5.41) is 9.42. The minimum Gasteiger partial charge on any atom is -0.481 e. The fourth-order valence-corrected chi connectivity index (χ4v) is 2.27. The number of rotatable bonds is 5. The van der Waals surface area contributed by atoms with Gasteiger partial charge in [-0.15, -0.1) is 0 Å². The van der Waals surface area contributed by atoms with Gasteiger partial charge >= 0.3 is 5.97 Å². The van der Waals surface area contributed by atoms with Gasteiger partial charge in [-0.1, -0.05) is 30.7 Å². The van der Waals surface area contributed by atoms with E-state index in [1.165, 1.54) is 0 Å². The summed E-state index contributed by atoms with van der Waals surface area (Å²) in [6, 6.07) is 0. The van der Waals surface area contributed by atoms with Crippen molar-refractivity contribution in [1.29, 1.82) is 0 Å². The molecule has 0 aromatic heterocycles. The number of hydrogen-bond donors (Lipinski definition) is 1. The number of allylic oxidation sites excluding steroid dienone is 3. The van der Waals surface area contributed by atoms with Crippen molar-refractivity contribution >= 4 is 5.97 Å². The number of carboxylic acids is 1. The topological polar surface area (TPSA) is 46.5 Å². The Morgan fingerprint density at radius 1 is 1.62 bits per heavy atom. The van der Waals surface area contributed by atoms with Crippen LogP contribution in [0.4, 0.5) is 0 Å². The van der Waals surface area contributed by atoms with Crippen LogP contribution in [-0.4, -0.2) is 24.8 Å². The fraction of sp³-hybridized carbons (Fsp3) is 0.615. The first-order chi connectivity index (χ1) is 7.56. The van der Waals surface area contributed by atoms with Gasteiger partial charge in [0, 0.05) is 13.7 Å². The molecule has 0 heterocycles. The van der Waals surface area contributed by atoms with E-state index in [-0.39, 0.29) is 5.92 Å². The maximum Gasteiger partial charge on any atom is 0.314 e. The molecule has 3 nitrogen and oxygen atoms in total. The Labute approximate surface area is 96.8 Å². The van der Waals surface area contributed by atoms with E-state index in [4.69, 9.17) is 4.74 Å². The smallest absolute Gasteiger partial charge is 0.314 e. The molecular formula is C13H20O3. The van der Waals surface area contributed by atoms with E-state index in [1.807, 2.05) is 26.0 Å². The van der Waals surface area contributed by atoms with Crippen molar-refractivity contribution in [3.8, 4) is 0 Å². The van der Waals surface area contributed by atoms with E-state index in [9.17, 15) is 9.90 Å². The molecule has 0 aromatic rings. The van der Waals surface area contributed by atoms with Gasteiger partial charge in [-0.05, 0) is 25.7 Å². The Morgan fingerprint density at radius 3 is 2.81 bits per heavy atom. The van der Waals surface area contributed by atoms with Crippen LogP contribution in [0.2, 0.25) is 0 Å². The molecule has 1 aliphatic carbocycles. The van der Waals surface area contributed by atoms with E-state index in [1.54, 1.807) is 7.11 Å². The van der Waals surface area contributed by atoms with Crippen LogP contribution in [0.1, 0.15) is 26.7 Å². The van der Waals surface area contributed by atoms with Crippen molar-refractivity contribution in [1.82, 2.24) is 0 Å². The predicted octanol–water partition coefficient (Wildman–Crippen LogP) is 2.64. The van der Waals surface area contributed by atoms with Crippen LogP contribution in [0.15, 0.2) is 23.8 Å². The molecule has 0 amide bonds. The summed E-state index contributed by atoms with van der Waals surface area (Å²) < 4.78 is 5.05. The third-order valence-corrected chi connectivity index (χ3v) is 3.39. The van der Waals surface area contributed by atoms with Crippen molar-refractivity contribution < 1.29 is 14.6 Å². The van der Waals surface area contributed by atoms with Crippen molar-refractivity contribution in [2.45, 2.75) is 26.7 Å². The second-order valence-electron chi connectivity index (χ2n) is 4.33. The van der Waals surface area contributed by atoms with E-state index in [0.717, 1.165) is 12.0 Å². The minimum atomic E-state index is -0.752. The van der Waals surface area contributed by atoms with Crippen LogP contribution in [-0.2, 0) is 9.53 Å². The van der Waals surface area contributed by atoms with Gasteiger partial charge in [0.2, 0.25) is 0 Å². The highest BCUT2D eigenvalue weighted by Gasteiger charge is 2.42. The average Bonchev–Trinajstić information content (AvgIpc) is 2.26. The lowest BCUT2D eigenvalue weighted by molar-refractivity contribution is -0.148. The molecule has 1 rings (SSSR count). The van der Waals surface area contributed by atoms with Crippen LogP contribution in [0.25, 0.3) is 0 Å². The number of hydrogen-bond acceptors (Lipinski definition) is 2. The summed E-state index contributed by atoms with van der Waals surface area (Å²) in [5.74, 6) is -0.712. The van der Waals surface area contributed by atoms with E-state index >= 15 is 0 Å². The predicted molar refractivity (Wildman–Crippen MR) is 63.2 cm³/mol. The van der Waals surface area contributed by atoms with Crippen LogP contribution < -0.4 is 0 Å². The normalized spacial score (nSPS) is 28.9. The second kappa shape index (κ2) is 5.30. The Bertz CT molecular complexity index is 317. The van der Waals surface area contributed by atoms with Crippen molar-refractivity contribution in [2.24, 2.45) is 11.3 Å². The SMILES string of the molecule is CCC1(C(=O)O)C=CC(C)=CC1CCOC. The Hall–Kier alpha value is -1.09. The zero-order valence-electron chi connectivity index (χ0n) is 10.2. The second-order valence-corrected chi connectivity index (χ2v) is 4.33. The van der Waals surface area contributed by atoms with E-state index in [2.05, 4.69) is 6.08 Å². The van der Waals surface area contributed by atoms with Crippen molar-refractivity contribution in [2.75, 3.05) is 13.7 Å². The molecule has 0 aliphatic heterocycles. The number of carbonyl (C=O) groups is 1. The zero-order valence-corrected chi connectivity index (χ0v) is 10.2. The fourth-order valence-electron chi connectivity index (χ4n) is 2.27. The highest BCUT2D eigenvalue weighted by atomic mass is 16.5. The zero-order chi connectivity index (χ0) is 12.2. The number of aliphatic carboxylic acids is 1. The van der Waals surface area contributed by atoms with Gasteiger partial charge < -0.3 is 9.84 Å². The summed E-state index contributed by atoms with van der Waals surface area (Å²) in [6.07, 6.45) is 7.15. The van der Waals surface area contributed by atoms with Crippen LogP contribution in [0.5, 0.6) is 0 Å². The van der Waals surface area contributed by atoms with Gasteiger partial charge in [0.25, 0.3) is 0 Å². The highest BCUT2D eigenvalue weighted by molar-refractivity contribution is 5.78. The molecule has 0 bridgehead atoms. The summed E-state index contributed by atoms with van der Waals surface area (Å²) >= 11 is 0. The first-order valence-corrected chi connectivity index (χ1v) is 5.66. The molecule has 0 saturated heterocycles. The lowest BCUT2D eigenvalue weighted by Crippen LogP contribution is -2.37. The summed E-state index contributed by atoms with van der Waals surface area (Å²) in [7, 11) is 1.64. The van der Waals surface area contributed by atoms with Crippen molar-refractivity contribution in [3.63, 3.8) is 0 Å². The molecule has 16 heavy (non-hydrogen) atoms.